The van der Waals surface area contributed by atoms with Crippen LogP contribution in [0.1, 0.15) is 38.8 Å². The van der Waals surface area contributed by atoms with E-state index < -0.39 is 35.5 Å². The van der Waals surface area contributed by atoms with Crippen LogP contribution in [0.5, 0.6) is 0 Å². The van der Waals surface area contributed by atoms with Gasteiger partial charge in [0.2, 0.25) is 5.91 Å². The molecule has 146 valence electrons. The normalized spacial score (nSPS) is 19.7. The van der Waals surface area contributed by atoms with E-state index in [4.69, 9.17) is 32.7 Å². The molecule has 1 heterocycles. The molecule has 1 saturated heterocycles. The zero-order chi connectivity index (χ0) is 20.4. The Morgan fingerprint density at radius 2 is 2.00 bits per heavy atom. The highest BCUT2D eigenvalue weighted by Crippen LogP contribution is 2.41. The van der Waals surface area contributed by atoms with E-state index >= 15 is 0 Å². The number of amides is 2. The van der Waals surface area contributed by atoms with Crippen molar-refractivity contribution in [3.8, 4) is 0 Å². The number of benzene rings is 1. The van der Waals surface area contributed by atoms with Gasteiger partial charge in [0.15, 0.2) is 0 Å². The molecule has 0 aromatic heterocycles. The lowest BCUT2D eigenvalue weighted by atomic mass is 9.99. The Hall–Kier alpha value is -2.05. The number of imide groups is 1. The summed E-state index contributed by atoms with van der Waals surface area (Å²) >= 11 is 12.2. The third-order valence-electron chi connectivity index (χ3n) is 3.85. The minimum Gasteiger partial charge on any atom is -0.461 e. The second-order valence-electron chi connectivity index (χ2n) is 7.08. The standard InChI is InChI=1S/C19H21Cl2NO5/c1-5-8-26-17(24)13-10-15(12-7-6-11(20)9-14(12)21)22(16(13)23)18(25)27-19(2,3)4/h5-7,9,13,15H,1,8,10H2,2-4H3/t13?,15-/m1/s1. The number of likely N-dealkylation sites (tertiary alicyclic amines) is 1. The van der Waals surface area contributed by atoms with Gasteiger partial charge >= 0.3 is 12.1 Å². The number of rotatable bonds is 4. The molecule has 0 aliphatic carbocycles. The Kier molecular flexibility index (Phi) is 6.54. The van der Waals surface area contributed by atoms with E-state index in [9.17, 15) is 14.4 Å². The zero-order valence-electron chi connectivity index (χ0n) is 15.3. The van der Waals surface area contributed by atoms with Gasteiger partial charge in [-0.1, -0.05) is 41.9 Å². The van der Waals surface area contributed by atoms with Crippen LogP contribution < -0.4 is 0 Å². The second-order valence-corrected chi connectivity index (χ2v) is 7.92. The van der Waals surface area contributed by atoms with Gasteiger partial charge in [-0.05, 0) is 44.9 Å². The molecule has 0 saturated carbocycles. The Morgan fingerprint density at radius 1 is 1.33 bits per heavy atom. The van der Waals surface area contributed by atoms with Crippen LogP contribution in [0.15, 0.2) is 30.9 Å². The maximum atomic E-state index is 12.8. The second kappa shape index (κ2) is 8.31. The molecule has 1 fully saturated rings. The van der Waals surface area contributed by atoms with E-state index in [0.717, 1.165) is 4.90 Å². The smallest absolute Gasteiger partial charge is 0.417 e. The molecule has 8 heteroatoms. The molecule has 1 aromatic carbocycles. The summed E-state index contributed by atoms with van der Waals surface area (Å²) in [5.74, 6) is -2.54. The summed E-state index contributed by atoms with van der Waals surface area (Å²) in [5.41, 5.74) is -0.313. The molecule has 1 aliphatic rings. The molecule has 27 heavy (non-hydrogen) atoms. The van der Waals surface area contributed by atoms with Gasteiger partial charge in [0.1, 0.15) is 18.1 Å². The first-order valence-corrected chi connectivity index (χ1v) is 9.09. The summed E-state index contributed by atoms with van der Waals surface area (Å²) in [4.78, 5) is 38.7. The lowest BCUT2D eigenvalue weighted by Crippen LogP contribution is -2.40. The van der Waals surface area contributed by atoms with Crippen molar-refractivity contribution in [3.05, 3.63) is 46.5 Å². The average Bonchev–Trinajstić information content (AvgIpc) is 2.88. The summed E-state index contributed by atoms with van der Waals surface area (Å²) < 4.78 is 10.3. The molecule has 1 aromatic rings. The van der Waals surface area contributed by atoms with Crippen LogP contribution in [-0.4, -0.2) is 35.1 Å². The number of hydrogen-bond acceptors (Lipinski definition) is 5. The predicted octanol–water partition coefficient (Wildman–Crippen LogP) is 4.55. The average molecular weight is 414 g/mol. The molecular weight excluding hydrogens is 393 g/mol. The fraction of sp³-hybridized carbons (Fsp3) is 0.421. The number of carbonyl (C=O) groups is 3. The number of halogens is 2. The summed E-state index contributed by atoms with van der Waals surface area (Å²) in [6.07, 6.45) is 0.592. The summed E-state index contributed by atoms with van der Waals surface area (Å²) in [6, 6.07) is 3.97. The van der Waals surface area contributed by atoms with Crippen molar-refractivity contribution in [2.24, 2.45) is 5.92 Å². The van der Waals surface area contributed by atoms with Gasteiger partial charge in [0, 0.05) is 10.0 Å². The zero-order valence-corrected chi connectivity index (χ0v) is 16.8. The van der Waals surface area contributed by atoms with Crippen molar-refractivity contribution in [2.45, 2.75) is 38.8 Å². The Balaban J connectivity index is 2.40. The van der Waals surface area contributed by atoms with E-state index in [0.29, 0.717) is 10.6 Å². The summed E-state index contributed by atoms with van der Waals surface area (Å²) in [5, 5.41) is 0.702. The fourth-order valence-corrected chi connectivity index (χ4v) is 3.29. The number of carbonyl (C=O) groups excluding carboxylic acids is 3. The molecule has 0 radical (unpaired) electrons. The Bertz CT molecular complexity index is 772. The predicted molar refractivity (Wildman–Crippen MR) is 102 cm³/mol. The van der Waals surface area contributed by atoms with Crippen LogP contribution >= 0.6 is 23.2 Å². The summed E-state index contributed by atoms with van der Waals surface area (Å²) in [7, 11) is 0. The van der Waals surface area contributed by atoms with Crippen molar-refractivity contribution >= 4 is 41.2 Å². The minimum absolute atomic E-state index is 0.0264. The highest BCUT2D eigenvalue weighted by atomic mass is 35.5. The van der Waals surface area contributed by atoms with E-state index in [1.165, 1.54) is 12.1 Å². The van der Waals surface area contributed by atoms with Crippen molar-refractivity contribution in [3.63, 3.8) is 0 Å². The molecular formula is C19H21Cl2NO5. The summed E-state index contributed by atoms with van der Waals surface area (Å²) in [6.45, 7) is 8.50. The number of ether oxygens (including phenoxy) is 2. The Labute approximate surface area is 168 Å². The van der Waals surface area contributed by atoms with E-state index in [-0.39, 0.29) is 18.1 Å². The van der Waals surface area contributed by atoms with Crippen LogP contribution in [0.4, 0.5) is 4.79 Å². The number of hydrogen-bond donors (Lipinski definition) is 0. The molecule has 2 rings (SSSR count). The minimum atomic E-state index is -1.13. The number of esters is 1. The van der Waals surface area contributed by atoms with Crippen molar-refractivity contribution < 1.29 is 23.9 Å². The van der Waals surface area contributed by atoms with Crippen LogP contribution in [-0.2, 0) is 19.1 Å². The van der Waals surface area contributed by atoms with Gasteiger partial charge in [0.05, 0.1) is 6.04 Å². The molecule has 1 unspecified atom stereocenters. The van der Waals surface area contributed by atoms with Gasteiger partial charge in [0.25, 0.3) is 0 Å². The number of nitrogens with zero attached hydrogens (tertiary/aromatic N) is 1. The van der Waals surface area contributed by atoms with E-state index in [1.54, 1.807) is 32.9 Å². The first-order chi connectivity index (χ1) is 12.5. The molecule has 1 aliphatic heterocycles. The molecule has 0 bridgehead atoms. The highest BCUT2D eigenvalue weighted by molar-refractivity contribution is 6.35. The molecule has 0 spiro atoms. The van der Waals surface area contributed by atoms with E-state index in [2.05, 4.69) is 6.58 Å². The molecule has 2 atom stereocenters. The topological polar surface area (TPSA) is 72.9 Å². The monoisotopic (exact) mass is 413 g/mol. The molecule has 0 N–H and O–H groups in total. The molecule has 6 nitrogen and oxygen atoms in total. The highest BCUT2D eigenvalue weighted by Gasteiger charge is 2.49. The Morgan fingerprint density at radius 3 is 2.56 bits per heavy atom. The van der Waals surface area contributed by atoms with Crippen LogP contribution in [0.2, 0.25) is 10.0 Å². The third kappa shape index (κ3) is 5.02. The van der Waals surface area contributed by atoms with Crippen molar-refractivity contribution in [1.29, 1.82) is 0 Å². The van der Waals surface area contributed by atoms with Crippen molar-refractivity contribution in [2.75, 3.05) is 6.61 Å². The SMILES string of the molecule is C=CCOC(=O)C1C[C@H](c2ccc(Cl)cc2Cl)N(C(=O)OC(C)(C)C)C1=O. The van der Waals surface area contributed by atoms with Gasteiger partial charge in [-0.25, -0.2) is 9.69 Å². The fourth-order valence-electron chi connectivity index (χ4n) is 2.76. The first kappa shape index (κ1) is 21.3. The maximum absolute atomic E-state index is 12.8. The molecule has 2 amide bonds. The van der Waals surface area contributed by atoms with Gasteiger partial charge in [-0.2, -0.15) is 0 Å². The largest absolute Gasteiger partial charge is 0.461 e. The van der Waals surface area contributed by atoms with Gasteiger partial charge < -0.3 is 9.47 Å². The van der Waals surface area contributed by atoms with Crippen LogP contribution in [0.25, 0.3) is 0 Å². The lowest BCUT2D eigenvalue weighted by molar-refractivity contribution is -0.151. The van der Waals surface area contributed by atoms with Crippen LogP contribution in [0, 0.1) is 5.92 Å². The maximum Gasteiger partial charge on any atom is 0.417 e. The van der Waals surface area contributed by atoms with Crippen LogP contribution in [0.3, 0.4) is 0 Å². The van der Waals surface area contributed by atoms with Crippen molar-refractivity contribution in [1.82, 2.24) is 4.90 Å². The van der Waals surface area contributed by atoms with Gasteiger partial charge in [-0.15, -0.1) is 0 Å². The van der Waals surface area contributed by atoms with Gasteiger partial charge in [-0.3, -0.25) is 9.59 Å². The quantitative estimate of drug-likeness (QED) is 0.411. The first-order valence-electron chi connectivity index (χ1n) is 8.33. The lowest BCUT2D eigenvalue weighted by Gasteiger charge is -2.27. The van der Waals surface area contributed by atoms with E-state index in [1.807, 2.05) is 0 Å². The third-order valence-corrected chi connectivity index (χ3v) is 4.41.